The normalized spacial score (nSPS) is 12.6. The van der Waals surface area contributed by atoms with E-state index in [2.05, 4.69) is 23.6 Å². The first-order chi connectivity index (χ1) is 16.3. The number of nitrogens with zero attached hydrogens (tertiary/aromatic N) is 1. The maximum absolute atomic E-state index is 13.5. The van der Waals surface area contributed by atoms with Crippen LogP contribution in [-0.2, 0) is 19.1 Å². The summed E-state index contributed by atoms with van der Waals surface area (Å²) in [6.07, 6.45) is 6.98. The average Bonchev–Trinajstić information content (AvgIpc) is 2.73. The van der Waals surface area contributed by atoms with E-state index < -0.39 is 47.9 Å². The van der Waals surface area contributed by atoms with Gasteiger partial charge in [-0.25, -0.2) is 4.79 Å². The monoisotopic (exact) mass is 486 g/mol. The van der Waals surface area contributed by atoms with Crippen molar-refractivity contribution in [2.45, 2.75) is 84.9 Å². The van der Waals surface area contributed by atoms with Gasteiger partial charge in [0.2, 0.25) is 11.8 Å². The minimum absolute atomic E-state index is 0.418. The van der Waals surface area contributed by atoms with Gasteiger partial charge in [-0.15, -0.1) is 0 Å². The molecule has 4 N–H and O–H groups in total. The summed E-state index contributed by atoms with van der Waals surface area (Å²) < 4.78 is 5.21. The Labute approximate surface area is 208 Å². The molecule has 35 heavy (non-hydrogen) atoms. The van der Waals surface area contributed by atoms with Crippen LogP contribution < -0.4 is 16.4 Å². The Morgan fingerprint density at radius 3 is 2.34 bits per heavy atom. The van der Waals surface area contributed by atoms with Crippen molar-refractivity contribution in [3.63, 3.8) is 0 Å². The Morgan fingerprint density at radius 1 is 1.17 bits per heavy atom. The molecule has 9 nitrogen and oxygen atoms in total. The molecule has 0 aliphatic heterocycles. The average molecular weight is 487 g/mol. The van der Waals surface area contributed by atoms with Crippen molar-refractivity contribution in [1.82, 2.24) is 15.5 Å². The van der Waals surface area contributed by atoms with Gasteiger partial charge in [0.15, 0.2) is 0 Å². The number of ether oxygens (including phenoxy) is 1. The molecule has 0 saturated heterocycles. The third-order valence-electron chi connectivity index (χ3n) is 5.08. The van der Waals surface area contributed by atoms with Crippen molar-refractivity contribution in [1.29, 1.82) is 0 Å². The quantitative estimate of drug-likeness (QED) is 0.251. The number of primary amides is 1. The first-order valence-electron chi connectivity index (χ1n) is 11.7. The van der Waals surface area contributed by atoms with Crippen molar-refractivity contribution in [2.24, 2.45) is 5.73 Å². The molecular weight excluding hydrogens is 448 g/mol. The van der Waals surface area contributed by atoms with Gasteiger partial charge in [-0.1, -0.05) is 50.0 Å². The van der Waals surface area contributed by atoms with E-state index in [0.717, 1.165) is 35.3 Å². The number of hydrogen-bond acceptors (Lipinski definition) is 5. The molecule has 9 heteroatoms. The number of rotatable bonds is 11. The molecule has 0 radical (unpaired) electrons. The zero-order valence-electron chi connectivity index (χ0n) is 21.6. The highest BCUT2D eigenvalue weighted by Gasteiger charge is 2.37. The first-order valence-corrected chi connectivity index (χ1v) is 11.7. The van der Waals surface area contributed by atoms with E-state index in [1.54, 1.807) is 26.8 Å². The van der Waals surface area contributed by atoms with Gasteiger partial charge in [0, 0.05) is 12.6 Å². The number of benzene rings is 1. The second kappa shape index (κ2) is 13.4. The van der Waals surface area contributed by atoms with E-state index >= 15 is 0 Å². The molecule has 4 amide bonds. The van der Waals surface area contributed by atoms with Crippen LogP contribution in [0.4, 0.5) is 4.79 Å². The third-order valence-corrected chi connectivity index (χ3v) is 5.08. The number of terminal acetylenes is 1. The number of unbranched alkanes of at least 4 members (excludes halogenated alkanes) is 2. The Hall–Kier alpha value is -3.54. The highest BCUT2D eigenvalue weighted by molar-refractivity contribution is 5.95. The molecule has 0 saturated carbocycles. The predicted molar refractivity (Wildman–Crippen MR) is 134 cm³/mol. The zero-order chi connectivity index (χ0) is 26.8. The number of carbonyl (C=O) groups is 4. The highest BCUT2D eigenvalue weighted by atomic mass is 16.6. The molecule has 1 rings (SSSR count). The third kappa shape index (κ3) is 9.69. The molecule has 0 spiro atoms. The van der Waals surface area contributed by atoms with E-state index in [1.807, 2.05) is 26.0 Å². The minimum atomic E-state index is -1.42. The lowest BCUT2D eigenvalue weighted by molar-refractivity contribution is -0.139. The lowest BCUT2D eigenvalue weighted by Gasteiger charge is -2.31. The summed E-state index contributed by atoms with van der Waals surface area (Å²) >= 11 is 0. The van der Waals surface area contributed by atoms with Gasteiger partial charge in [-0.05, 0) is 52.2 Å². The van der Waals surface area contributed by atoms with Crippen molar-refractivity contribution in [2.75, 3.05) is 6.54 Å². The summed E-state index contributed by atoms with van der Waals surface area (Å²) in [5.41, 5.74) is 6.76. The highest BCUT2D eigenvalue weighted by Crippen LogP contribution is 2.26. The molecule has 1 aromatic carbocycles. The predicted octanol–water partition coefficient (Wildman–Crippen LogP) is 2.84. The number of nitrogens with one attached hydrogen (secondary N) is 2. The maximum Gasteiger partial charge on any atom is 0.408 e. The Bertz CT molecular complexity index is 961. The van der Waals surface area contributed by atoms with E-state index in [-0.39, 0.29) is 0 Å². The molecule has 2 atom stereocenters. The van der Waals surface area contributed by atoms with Gasteiger partial charge >= 0.3 is 6.09 Å². The van der Waals surface area contributed by atoms with Crippen LogP contribution in [0.15, 0.2) is 18.2 Å². The van der Waals surface area contributed by atoms with Crippen molar-refractivity contribution in [3.05, 3.63) is 34.9 Å². The smallest absolute Gasteiger partial charge is 0.408 e. The second-order valence-electron chi connectivity index (χ2n) is 9.47. The van der Waals surface area contributed by atoms with Crippen LogP contribution in [0, 0.1) is 26.3 Å². The summed E-state index contributed by atoms with van der Waals surface area (Å²) in [5, 5.41) is 5.21. The molecule has 192 valence electrons. The fourth-order valence-electron chi connectivity index (χ4n) is 3.50. The van der Waals surface area contributed by atoms with Crippen LogP contribution in [0.2, 0.25) is 0 Å². The molecule has 1 aromatic rings. The number of nitrogens with two attached hydrogens (primary N) is 1. The molecule has 0 heterocycles. The summed E-state index contributed by atoms with van der Waals surface area (Å²) in [4.78, 5) is 51.7. The maximum atomic E-state index is 13.5. The van der Waals surface area contributed by atoms with Gasteiger partial charge in [0.05, 0.1) is 6.42 Å². The van der Waals surface area contributed by atoms with E-state index in [4.69, 9.17) is 16.9 Å². The van der Waals surface area contributed by atoms with Gasteiger partial charge in [0.1, 0.15) is 17.7 Å². The van der Waals surface area contributed by atoms with E-state index in [1.165, 1.54) is 0 Å². The molecule has 0 aromatic heterocycles. The van der Waals surface area contributed by atoms with Gasteiger partial charge in [-0.3, -0.25) is 19.3 Å². The Morgan fingerprint density at radius 2 is 1.83 bits per heavy atom. The van der Waals surface area contributed by atoms with Crippen molar-refractivity contribution >= 4 is 23.8 Å². The van der Waals surface area contributed by atoms with Crippen LogP contribution in [0.3, 0.4) is 0 Å². The summed E-state index contributed by atoms with van der Waals surface area (Å²) in [7, 11) is 0. The van der Waals surface area contributed by atoms with Crippen LogP contribution in [0.25, 0.3) is 0 Å². The standard InChI is InChI=1S/C26H38N4O5/c1-8-10-11-14-28-23(32)22(19-13-12-17(3)15-18(19)4)30(9-2)24(33)20(16-21(27)31)29-25(34)35-26(5,6)7/h2,12-13,15,20,22H,8,10-11,14,16H2,1,3-7H3,(H2,27,31)(H,28,32)(H,29,34). The fraction of sp³-hybridized carbons (Fsp3) is 0.538. The van der Waals surface area contributed by atoms with Crippen LogP contribution in [0.1, 0.15) is 76.1 Å². The molecule has 2 unspecified atom stereocenters. The number of aryl methyl sites for hydroxylation is 2. The summed E-state index contributed by atoms with van der Waals surface area (Å²) in [5.74, 6) is -2.12. The van der Waals surface area contributed by atoms with Gasteiger partial charge in [-0.2, -0.15) is 0 Å². The van der Waals surface area contributed by atoms with Crippen LogP contribution >= 0.6 is 0 Å². The largest absolute Gasteiger partial charge is 0.444 e. The molecule has 0 fully saturated rings. The number of amides is 4. The fourth-order valence-corrected chi connectivity index (χ4v) is 3.50. The summed E-state index contributed by atoms with van der Waals surface area (Å²) in [6.45, 7) is 11.2. The van der Waals surface area contributed by atoms with Gasteiger partial charge < -0.3 is 21.1 Å². The lowest BCUT2D eigenvalue weighted by atomic mass is 9.96. The van der Waals surface area contributed by atoms with Crippen LogP contribution in [0.5, 0.6) is 0 Å². The number of hydrogen-bond donors (Lipinski definition) is 3. The number of carbonyl (C=O) groups excluding carboxylic acids is 4. The van der Waals surface area contributed by atoms with E-state index in [9.17, 15) is 19.2 Å². The SMILES string of the molecule is C#CN(C(=O)C(CC(N)=O)NC(=O)OC(C)(C)C)C(C(=O)NCCCCC)c1ccc(C)cc1C. The molecular formula is C26H38N4O5. The number of alkyl carbamates (subject to hydrolysis) is 1. The summed E-state index contributed by atoms with van der Waals surface area (Å²) in [6, 6.07) is 5.12. The lowest BCUT2D eigenvalue weighted by Crippen LogP contribution is -2.52. The van der Waals surface area contributed by atoms with E-state index in [0.29, 0.717) is 12.1 Å². The van der Waals surface area contributed by atoms with Crippen molar-refractivity contribution in [3.8, 4) is 12.5 Å². The topological polar surface area (TPSA) is 131 Å². The second-order valence-corrected chi connectivity index (χ2v) is 9.47. The zero-order valence-corrected chi connectivity index (χ0v) is 21.6. The molecule has 0 bridgehead atoms. The molecule has 0 aliphatic carbocycles. The van der Waals surface area contributed by atoms with Crippen molar-refractivity contribution < 1.29 is 23.9 Å². The first kappa shape index (κ1) is 29.5. The minimum Gasteiger partial charge on any atom is -0.444 e. The van der Waals surface area contributed by atoms with Gasteiger partial charge in [0.25, 0.3) is 5.91 Å². The van der Waals surface area contributed by atoms with Crippen LogP contribution in [-0.4, -0.2) is 46.9 Å². The Balaban J connectivity index is 3.37. The Kier molecular flexibility index (Phi) is 11.3. The molecule has 0 aliphatic rings.